The normalized spacial score (nSPS) is 31.2. The van der Waals surface area contributed by atoms with Crippen LogP contribution in [0.25, 0.3) is 0 Å². The van der Waals surface area contributed by atoms with E-state index in [0.29, 0.717) is 6.42 Å². The molecule has 0 amide bonds. The third kappa shape index (κ3) is 2.18. The van der Waals surface area contributed by atoms with Crippen LogP contribution in [0.1, 0.15) is 13.3 Å². The minimum absolute atomic E-state index is 0.307. The maximum Gasteiger partial charge on any atom is 0.490 e. The van der Waals surface area contributed by atoms with Gasteiger partial charge in [-0.05, 0) is 6.92 Å². The average Bonchev–Trinajstić information content (AvgIpc) is 2.28. The zero-order valence-corrected chi connectivity index (χ0v) is 9.59. The highest BCUT2D eigenvalue weighted by atomic mass is 79.9. The predicted molar refractivity (Wildman–Crippen MR) is 45.8 cm³/mol. The third-order valence-corrected chi connectivity index (χ3v) is 4.00. The number of carbonyl (C=O) groups excluding carboxylic acids is 1. The van der Waals surface area contributed by atoms with E-state index in [-0.39, 0.29) is 0 Å². The van der Waals surface area contributed by atoms with Crippen LogP contribution in [0.15, 0.2) is 0 Å². The highest BCUT2D eigenvalue weighted by Crippen LogP contribution is 2.61. The van der Waals surface area contributed by atoms with Crippen molar-refractivity contribution in [1.29, 1.82) is 0 Å². The third-order valence-electron chi connectivity index (χ3n) is 1.76. The molecular formula is C6H5Br2F3O2. The van der Waals surface area contributed by atoms with Gasteiger partial charge in [0.2, 0.25) is 0 Å². The smallest absolute Gasteiger partial charge is 0.450 e. The first-order valence-corrected chi connectivity index (χ1v) is 4.85. The minimum Gasteiger partial charge on any atom is -0.450 e. The minimum atomic E-state index is -4.93. The Bertz CT molecular complexity index is 251. The van der Waals surface area contributed by atoms with Gasteiger partial charge in [-0.25, -0.2) is 4.79 Å². The monoisotopic (exact) mass is 324 g/mol. The van der Waals surface area contributed by atoms with E-state index >= 15 is 0 Å². The van der Waals surface area contributed by atoms with Crippen molar-refractivity contribution >= 4 is 37.8 Å². The highest BCUT2D eigenvalue weighted by Gasteiger charge is 2.67. The molecule has 76 valence electrons. The summed E-state index contributed by atoms with van der Waals surface area (Å²) in [5.41, 5.74) is -1.11. The van der Waals surface area contributed by atoms with Crippen molar-refractivity contribution in [3.63, 3.8) is 0 Å². The van der Waals surface area contributed by atoms with Gasteiger partial charge in [-0.1, -0.05) is 31.9 Å². The largest absolute Gasteiger partial charge is 0.490 e. The molecule has 1 saturated carbocycles. The Morgan fingerprint density at radius 3 is 2.08 bits per heavy atom. The van der Waals surface area contributed by atoms with Crippen LogP contribution in [0.2, 0.25) is 0 Å². The fraction of sp³-hybridized carbons (Fsp3) is 0.833. The summed E-state index contributed by atoms with van der Waals surface area (Å²) in [4.78, 5) is 10.4. The lowest BCUT2D eigenvalue weighted by atomic mass is 10.4. The summed E-state index contributed by atoms with van der Waals surface area (Å²) in [5.74, 6) is -2.16. The van der Waals surface area contributed by atoms with Gasteiger partial charge in [0.05, 0.1) is 0 Å². The quantitative estimate of drug-likeness (QED) is 0.547. The van der Waals surface area contributed by atoms with Crippen LogP contribution in [0.3, 0.4) is 0 Å². The summed E-state index contributed by atoms with van der Waals surface area (Å²) >= 11 is 6.15. The fourth-order valence-corrected chi connectivity index (χ4v) is 1.98. The summed E-state index contributed by atoms with van der Waals surface area (Å²) in [7, 11) is 0. The first-order valence-electron chi connectivity index (χ1n) is 3.26. The molecular weight excluding hydrogens is 321 g/mol. The molecule has 1 atom stereocenters. The molecule has 0 N–H and O–H groups in total. The number of esters is 1. The molecule has 1 aliphatic rings. The summed E-state index contributed by atoms with van der Waals surface area (Å²) in [5, 5.41) is 0. The molecule has 0 aromatic carbocycles. The Balaban J connectivity index is 2.58. The second kappa shape index (κ2) is 2.85. The van der Waals surface area contributed by atoms with Crippen LogP contribution in [0.4, 0.5) is 13.2 Å². The molecule has 0 aromatic rings. The van der Waals surface area contributed by atoms with Crippen molar-refractivity contribution < 1.29 is 22.7 Å². The van der Waals surface area contributed by atoms with Gasteiger partial charge in [-0.2, -0.15) is 13.2 Å². The Morgan fingerprint density at radius 2 is 1.85 bits per heavy atom. The van der Waals surface area contributed by atoms with Gasteiger partial charge in [0.25, 0.3) is 0 Å². The molecule has 1 rings (SSSR count). The van der Waals surface area contributed by atoms with E-state index in [1.165, 1.54) is 6.92 Å². The molecule has 1 aliphatic carbocycles. The van der Waals surface area contributed by atoms with E-state index in [4.69, 9.17) is 0 Å². The molecule has 0 aliphatic heterocycles. The van der Waals surface area contributed by atoms with Crippen LogP contribution < -0.4 is 0 Å². The Morgan fingerprint density at radius 1 is 1.46 bits per heavy atom. The second-order valence-electron chi connectivity index (χ2n) is 3.00. The molecule has 0 spiro atoms. The predicted octanol–water partition coefficient (Wildman–Crippen LogP) is 2.74. The summed E-state index contributed by atoms with van der Waals surface area (Å²) < 4.78 is 38.8. The van der Waals surface area contributed by atoms with E-state index in [1.54, 1.807) is 0 Å². The van der Waals surface area contributed by atoms with E-state index in [1.807, 2.05) is 0 Å². The van der Waals surface area contributed by atoms with Crippen LogP contribution in [-0.2, 0) is 9.53 Å². The lowest BCUT2D eigenvalue weighted by molar-refractivity contribution is -0.206. The standard InChI is InChI=1S/C6H5Br2F3O2/c1-4(2-5(4,7)8)13-3(12)6(9,10)11/h2H2,1H3. The summed E-state index contributed by atoms with van der Waals surface area (Å²) in [6.45, 7) is 1.42. The molecule has 7 heteroatoms. The Kier molecular flexibility index (Phi) is 2.48. The van der Waals surface area contributed by atoms with Gasteiger partial charge in [-0.3, -0.25) is 0 Å². The number of carbonyl (C=O) groups is 1. The zero-order valence-electron chi connectivity index (χ0n) is 6.41. The van der Waals surface area contributed by atoms with Crippen LogP contribution in [-0.4, -0.2) is 21.0 Å². The zero-order chi connectivity index (χ0) is 10.5. The summed E-state index contributed by atoms with van der Waals surface area (Å²) in [6.07, 6.45) is -4.62. The van der Waals surface area contributed by atoms with Gasteiger partial charge in [0, 0.05) is 6.42 Å². The van der Waals surface area contributed by atoms with E-state index < -0.39 is 21.0 Å². The molecule has 1 fully saturated rings. The molecule has 1 unspecified atom stereocenters. The lowest BCUT2D eigenvalue weighted by Crippen LogP contribution is -2.32. The van der Waals surface area contributed by atoms with Gasteiger partial charge in [-0.15, -0.1) is 0 Å². The van der Waals surface area contributed by atoms with Crippen molar-refractivity contribution in [2.24, 2.45) is 0 Å². The van der Waals surface area contributed by atoms with Crippen molar-refractivity contribution in [3.8, 4) is 0 Å². The highest BCUT2D eigenvalue weighted by molar-refractivity contribution is 9.25. The average molecular weight is 326 g/mol. The molecule has 13 heavy (non-hydrogen) atoms. The topological polar surface area (TPSA) is 26.3 Å². The fourth-order valence-electron chi connectivity index (χ4n) is 0.753. The molecule has 2 nitrogen and oxygen atoms in total. The van der Waals surface area contributed by atoms with Crippen molar-refractivity contribution in [3.05, 3.63) is 0 Å². The Labute approximate surface area is 89.1 Å². The molecule has 0 aromatic heterocycles. The van der Waals surface area contributed by atoms with Crippen molar-refractivity contribution in [1.82, 2.24) is 0 Å². The number of rotatable bonds is 1. The van der Waals surface area contributed by atoms with Gasteiger partial charge >= 0.3 is 12.1 Å². The summed E-state index contributed by atoms with van der Waals surface area (Å²) in [6, 6.07) is 0. The molecule has 0 radical (unpaired) electrons. The number of hydrogen-bond acceptors (Lipinski definition) is 2. The number of hydrogen-bond donors (Lipinski definition) is 0. The maximum atomic E-state index is 11.8. The lowest BCUT2D eigenvalue weighted by Gasteiger charge is -2.15. The first-order chi connectivity index (χ1) is 5.58. The number of ether oxygens (including phenoxy) is 1. The first kappa shape index (κ1) is 11.3. The van der Waals surface area contributed by atoms with Crippen molar-refractivity contribution in [2.75, 3.05) is 0 Å². The van der Waals surface area contributed by atoms with Crippen LogP contribution in [0, 0.1) is 0 Å². The van der Waals surface area contributed by atoms with Crippen molar-refractivity contribution in [2.45, 2.75) is 28.4 Å². The van der Waals surface area contributed by atoms with E-state index in [2.05, 4.69) is 36.6 Å². The molecule has 0 heterocycles. The second-order valence-corrected chi connectivity index (χ2v) is 6.77. The van der Waals surface area contributed by atoms with E-state index in [0.717, 1.165) is 0 Å². The number of halogens is 5. The Hall–Kier alpha value is 0.220. The van der Waals surface area contributed by atoms with Gasteiger partial charge in [0.15, 0.2) is 0 Å². The van der Waals surface area contributed by atoms with Gasteiger partial charge < -0.3 is 4.74 Å². The SMILES string of the molecule is CC1(OC(=O)C(F)(F)F)CC1(Br)Br. The maximum absolute atomic E-state index is 11.8. The van der Waals surface area contributed by atoms with Crippen LogP contribution in [0.5, 0.6) is 0 Å². The molecule has 0 bridgehead atoms. The van der Waals surface area contributed by atoms with E-state index in [9.17, 15) is 18.0 Å². The van der Waals surface area contributed by atoms with Gasteiger partial charge in [0.1, 0.15) is 8.83 Å². The molecule has 0 saturated heterocycles. The number of alkyl halides is 5. The van der Waals surface area contributed by atoms with Crippen LogP contribution >= 0.6 is 31.9 Å².